The van der Waals surface area contributed by atoms with Crippen LogP contribution in [0.1, 0.15) is 18.2 Å². The van der Waals surface area contributed by atoms with Gasteiger partial charge >= 0.3 is 0 Å². The SMILES string of the molecule is C/C(=N\N1CCN(C)CC1)c1c(C)[nH]n(-c2ccc([N+](=O)[O-])cc2)c1=O. The van der Waals surface area contributed by atoms with E-state index in [-0.39, 0.29) is 11.2 Å². The molecule has 0 radical (unpaired) electrons. The summed E-state index contributed by atoms with van der Waals surface area (Å²) in [4.78, 5) is 25.4. The van der Waals surface area contributed by atoms with Gasteiger partial charge in [0.25, 0.3) is 11.2 Å². The predicted octanol–water partition coefficient (Wildman–Crippen LogP) is 1.35. The number of nitrogens with one attached hydrogen (secondary N) is 1. The second-order valence-electron chi connectivity index (χ2n) is 6.47. The second-order valence-corrected chi connectivity index (χ2v) is 6.47. The van der Waals surface area contributed by atoms with Gasteiger partial charge in [-0.15, -0.1) is 0 Å². The minimum atomic E-state index is -0.467. The van der Waals surface area contributed by atoms with Crippen LogP contribution in [-0.2, 0) is 0 Å². The molecule has 2 heterocycles. The van der Waals surface area contributed by atoms with Crippen LogP contribution < -0.4 is 5.56 Å². The van der Waals surface area contributed by atoms with E-state index >= 15 is 0 Å². The summed E-state index contributed by atoms with van der Waals surface area (Å²) in [7, 11) is 2.08. The molecule has 138 valence electrons. The molecule has 1 N–H and O–H groups in total. The molecule has 26 heavy (non-hydrogen) atoms. The van der Waals surface area contributed by atoms with Gasteiger partial charge < -0.3 is 4.90 Å². The zero-order chi connectivity index (χ0) is 18.8. The zero-order valence-electron chi connectivity index (χ0n) is 15.1. The van der Waals surface area contributed by atoms with E-state index in [1.165, 1.54) is 16.8 Å². The lowest BCUT2D eigenvalue weighted by atomic mass is 10.2. The Hall–Kier alpha value is -2.94. The van der Waals surface area contributed by atoms with Crippen molar-refractivity contribution in [1.82, 2.24) is 19.7 Å². The summed E-state index contributed by atoms with van der Waals surface area (Å²) in [6.45, 7) is 7.19. The van der Waals surface area contributed by atoms with Gasteiger partial charge in [0.05, 0.1) is 21.9 Å². The highest BCUT2D eigenvalue weighted by Gasteiger charge is 2.18. The van der Waals surface area contributed by atoms with Crippen molar-refractivity contribution in [2.75, 3.05) is 33.2 Å². The third-order valence-electron chi connectivity index (χ3n) is 4.52. The van der Waals surface area contributed by atoms with Gasteiger partial charge in [-0.2, -0.15) is 5.10 Å². The maximum absolute atomic E-state index is 12.8. The average molecular weight is 358 g/mol. The first kappa shape index (κ1) is 17.9. The minimum absolute atomic E-state index is 0.0156. The number of benzene rings is 1. The highest BCUT2D eigenvalue weighted by atomic mass is 16.6. The number of non-ortho nitro benzene ring substituents is 1. The molecule has 0 unspecified atom stereocenters. The average Bonchev–Trinajstić information content (AvgIpc) is 2.91. The van der Waals surface area contributed by atoms with Crippen molar-refractivity contribution in [2.24, 2.45) is 5.10 Å². The van der Waals surface area contributed by atoms with E-state index in [2.05, 4.69) is 22.1 Å². The van der Waals surface area contributed by atoms with Gasteiger partial charge in [0, 0.05) is 44.0 Å². The van der Waals surface area contributed by atoms with Crippen molar-refractivity contribution in [3.63, 3.8) is 0 Å². The molecule has 9 nitrogen and oxygen atoms in total. The number of nitro benzene ring substituents is 1. The highest BCUT2D eigenvalue weighted by Crippen LogP contribution is 2.15. The molecule has 1 saturated heterocycles. The summed E-state index contributed by atoms with van der Waals surface area (Å²) in [5.74, 6) is 0. The summed E-state index contributed by atoms with van der Waals surface area (Å²) in [5.41, 5.74) is 2.21. The number of likely N-dealkylation sites (N-methyl/N-ethyl adjacent to an activating group) is 1. The molecule has 3 rings (SSSR count). The van der Waals surface area contributed by atoms with Crippen LogP contribution in [0.3, 0.4) is 0 Å². The number of hydrazone groups is 1. The lowest BCUT2D eigenvalue weighted by Crippen LogP contribution is -2.42. The van der Waals surface area contributed by atoms with Gasteiger partial charge in [0.15, 0.2) is 0 Å². The summed E-state index contributed by atoms with van der Waals surface area (Å²) >= 11 is 0. The molecule has 1 aliphatic rings. The Bertz CT molecular complexity index is 888. The third-order valence-corrected chi connectivity index (χ3v) is 4.52. The molecule has 1 aromatic heterocycles. The highest BCUT2D eigenvalue weighted by molar-refractivity contribution is 5.99. The number of rotatable bonds is 4. The summed E-state index contributed by atoms with van der Waals surface area (Å²) in [6.07, 6.45) is 0. The Morgan fingerprint density at radius 1 is 1.19 bits per heavy atom. The third kappa shape index (κ3) is 3.52. The van der Waals surface area contributed by atoms with Crippen molar-refractivity contribution in [2.45, 2.75) is 13.8 Å². The molecular formula is C17H22N6O3. The number of H-pyrrole nitrogens is 1. The van der Waals surface area contributed by atoms with Crippen molar-refractivity contribution in [3.05, 3.63) is 56.0 Å². The van der Waals surface area contributed by atoms with E-state index in [4.69, 9.17) is 0 Å². The molecule has 0 saturated carbocycles. The summed E-state index contributed by atoms with van der Waals surface area (Å²) < 4.78 is 1.39. The van der Waals surface area contributed by atoms with E-state index < -0.39 is 4.92 Å². The van der Waals surface area contributed by atoms with E-state index in [0.29, 0.717) is 22.7 Å². The second kappa shape index (κ2) is 7.12. The molecule has 0 atom stereocenters. The van der Waals surface area contributed by atoms with E-state index in [9.17, 15) is 14.9 Å². The Morgan fingerprint density at radius 2 is 1.81 bits per heavy atom. The molecule has 9 heteroatoms. The number of aromatic amines is 1. The monoisotopic (exact) mass is 358 g/mol. The number of nitrogens with zero attached hydrogens (tertiary/aromatic N) is 5. The summed E-state index contributed by atoms with van der Waals surface area (Å²) in [6, 6.07) is 5.85. The first-order chi connectivity index (χ1) is 12.4. The predicted molar refractivity (Wildman–Crippen MR) is 99.1 cm³/mol. The van der Waals surface area contributed by atoms with Crippen LogP contribution >= 0.6 is 0 Å². The van der Waals surface area contributed by atoms with Gasteiger partial charge in [0.2, 0.25) is 0 Å². The van der Waals surface area contributed by atoms with E-state index in [1.54, 1.807) is 12.1 Å². The van der Waals surface area contributed by atoms with Gasteiger partial charge in [-0.05, 0) is 33.0 Å². The van der Waals surface area contributed by atoms with E-state index in [1.807, 2.05) is 18.9 Å². The van der Waals surface area contributed by atoms with Gasteiger partial charge in [0.1, 0.15) is 0 Å². The van der Waals surface area contributed by atoms with Gasteiger partial charge in [-0.3, -0.25) is 25.0 Å². The fourth-order valence-electron chi connectivity index (χ4n) is 3.04. The Kier molecular flexibility index (Phi) is 4.90. The van der Waals surface area contributed by atoms with Crippen molar-refractivity contribution in [1.29, 1.82) is 0 Å². The lowest BCUT2D eigenvalue weighted by Gasteiger charge is -2.30. The van der Waals surface area contributed by atoms with Crippen molar-refractivity contribution < 1.29 is 4.92 Å². The lowest BCUT2D eigenvalue weighted by molar-refractivity contribution is -0.384. The van der Waals surface area contributed by atoms with Crippen LogP contribution in [0.15, 0.2) is 34.2 Å². The number of aryl methyl sites for hydroxylation is 1. The molecule has 1 aromatic carbocycles. The van der Waals surface area contributed by atoms with Crippen LogP contribution in [0.25, 0.3) is 5.69 Å². The molecule has 0 aliphatic carbocycles. The van der Waals surface area contributed by atoms with Crippen LogP contribution in [0, 0.1) is 17.0 Å². The molecular weight excluding hydrogens is 336 g/mol. The molecule has 1 fully saturated rings. The Morgan fingerprint density at radius 3 is 2.38 bits per heavy atom. The molecule has 1 aliphatic heterocycles. The van der Waals surface area contributed by atoms with Crippen LogP contribution in [0.2, 0.25) is 0 Å². The number of hydrogen-bond acceptors (Lipinski definition) is 6. The largest absolute Gasteiger partial charge is 0.303 e. The number of aromatic nitrogens is 2. The standard InChI is InChI=1S/C17H22N6O3/c1-12(18-21-10-8-20(3)9-11-21)16-13(2)19-22(17(16)24)14-4-6-15(7-5-14)23(25)26/h4-7,19H,8-11H2,1-3H3/b18-12+. The zero-order valence-corrected chi connectivity index (χ0v) is 15.1. The molecule has 0 bridgehead atoms. The molecule has 0 spiro atoms. The van der Waals surface area contributed by atoms with Crippen LogP contribution in [0.4, 0.5) is 5.69 Å². The van der Waals surface area contributed by atoms with Gasteiger partial charge in [-0.25, -0.2) is 4.68 Å². The molecule has 0 amide bonds. The van der Waals surface area contributed by atoms with Gasteiger partial charge in [-0.1, -0.05) is 0 Å². The summed E-state index contributed by atoms with van der Waals surface area (Å²) in [5, 5.41) is 20.4. The van der Waals surface area contributed by atoms with Crippen LogP contribution in [0.5, 0.6) is 0 Å². The fourth-order valence-corrected chi connectivity index (χ4v) is 3.04. The minimum Gasteiger partial charge on any atom is -0.303 e. The number of nitro groups is 1. The number of hydrogen-bond donors (Lipinski definition) is 1. The Balaban J connectivity index is 1.90. The fraction of sp³-hybridized carbons (Fsp3) is 0.412. The molecule has 2 aromatic rings. The smallest absolute Gasteiger partial charge is 0.280 e. The first-order valence-electron chi connectivity index (χ1n) is 8.42. The number of piperazine rings is 1. The van der Waals surface area contributed by atoms with Crippen molar-refractivity contribution in [3.8, 4) is 5.69 Å². The van der Waals surface area contributed by atoms with Crippen LogP contribution in [-0.4, -0.2) is 63.6 Å². The van der Waals surface area contributed by atoms with E-state index in [0.717, 1.165) is 26.2 Å². The maximum Gasteiger partial charge on any atom is 0.280 e. The Labute approximate surface area is 150 Å². The first-order valence-corrected chi connectivity index (χ1v) is 8.42. The topological polar surface area (TPSA) is 99.8 Å². The quantitative estimate of drug-likeness (QED) is 0.505. The normalized spacial score (nSPS) is 16.1. The maximum atomic E-state index is 12.8. The van der Waals surface area contributed by atoms with Crippen molar-refractivity contribution >= 4 is 11.4 Å².